The van der Waals surface area contributed by atoms with E-state index in [4.69, 9.17) is 0 Å². The van der Waals surface area contributed by atoms with E-state index in [-0.39, 0.29) is 0 Å². The number of benzene rings is 1. The van der Waals surface area contributed by atoms with Crippen LogP contribution >= 0.6 is 0 Å². The molecule has 1 fully saturated rings. The van der Waals surface area contributed by atoms with Gasteiger partial charge in [-0.25, -0.2) is 19.6 Å². The fourth-order valence-corrected chi connectivity index (χ4v) is 3.74. The lowest BCUT2D eigenvalue weighted by atomic mass is 10.2. The third kappa shape index (κ3) is 3.15. The molecule has 1 N–H and O–H groups in total. The lowest BCUT2D eigenvalue weighted by Gasteiger charge is -2.31. The van der Waals surface area contributed by atoms with E-state index in [0.29, 0.717) is 6.54 Å². The van der Waals surface area contributed by atoms with Gasteiger partial charge in [-0.2, -0.15) is 5.10 Å². The Kier molecular flexibility index (Phi) is 4.33. The molecule has 1 aliphatic rings. The van der Waals surface area contributed by atoms with Gasteiger partial charge in [-0.1, -0.05) is 36.4 Å². The maximum atomic E-state index is 4.58. The van der Waals surface area contributed by atoms with Crippen LogP contribution in [0.3, 0.4) is 0 Å². The first-order valence-corrected chi connectivity index (χ1v) is 9.55. The highest BCUT2D eigenvalue weighted by Gasteiger charge is 2.25. The van der Waals surface area contributed by atoms with Gasteiger partial charge in [-0.3, -0.25) is 4.90 Å². The second-order valence-corrected chi connectivity index (χ2v) is 6.94. The SMILES string of the molecule is c1ccc(Cn2ncc3c(N4CCN(c5cccc[nH+]5)CC4)ncnc32)cc1. The number of anilines is 2. The Morgan fingerprint density at radius 2 is 1.64 bits per heavy atom. The number of hydrogen-bond acceptors (Lipinski definition) is 5. The standard InChI is InChI=1S/C21H21N7/c1-2-6-17(7-3-1)15-28-21-18(14-25-28)20(23-16-24-21)27-12-10-26(11-13-27)19-8-4-5-9-22-19/h1-9,14,16H,10-13,15H2/p+1. The van der Waals surface area contributed by atoms with Crippen LogP contribution in [0.25, 0.3) is 11.0 Å². The van der Waals surface area contributed by atoms with Crippen LogP contribution in [0.1, 0.15) is 5.56 Å². The maximum Gasteiger partial charge on any atom is 0.274 e. The summed E-state index contributed by atoms with van der Waals surface area (Å²) in [5.74, 6) is 2.13. The molecule has 4 aromatic rings. The van der Waals surface area contributed by atoms with Crippen molar-refractivity contribution in [2.75, 3.05) is 36.0 Å². The number of H-pyrrole nitrogens is 1. The van der Waals surface area contributed by atoms with Crippen molar-refractivity contribution in [3.63, 3.8) is 0 Å². The molecule has 1 aromatic carbocycles. The Bertz CT molecular complexity index is 1050. The minimum Gasteiger partial charge on any atom is -0.348 e. The van der Waals surface area contributed by atoms with E-state index in [1.807, 2.05) is 41.3 Å². The molecule has 5 rings (SSSR count). The van der Waals surface area contributed by atoms with Crippen molar-refractivity contribution >= 4 is 22.7 Å². The highest BCUT2D eigenvalue weighted by molar-refractivity contribution is 5.86. The molecular weight excluding hydrogens is 350 g/mol. The Morgan fingerprint density at radius 3 is 2.43 bits per heavy atom. The van der Waals surface area contributed by atoms with Gasteiger partial charge in [-0.15, -0.1) is 0 Å². The quantitative estimate of drug-likeness (QED) is 0.548. The summed E-state index contributed by atoms with van der Waals surface area (Å²) in [5.41, 5.74) is 2.09. The maximum absolute atomic E-state index is 4.58. The van der Waals surface area contributed by atoms with Crippen LogP contribution in [0.5, 0.6) is 0 Å². The van der Waals surface area contributed by atoms with Crippen molar-refractivity contribution in [2.24, 2.45) is 0 Å². The first kappa shape index (κ1) is 16.7. The predicted octanol–water partition coefficient (Wildman–Crippen LogP) is 2.02. The minimum atomic E-state index is 0.707. The number of aromatic amines is 1. The van der Waals surface area contributed by atoms with Gasteiger partial charge in [0.25, 0.3) is 5.82 Å². The summed E-state index contributed by atoms with van der Waals surface area (Å²) < 4.78 is 1.95. The highest BCUT2D eigenvalue weighted by atomic mass is 15.3. The number of aromatic nitrogens is 5. The molecule has 0 radical (unpaired) electrons. The van der Waals surface area contributed by atoms with E-state index < -0.39 is 0 Å². The van der Waals surface area contributed by atoms with E-state index in [1.165, 1.54) is 5.56 Å². The van der Waals surface area contributed by atoms with Gasteiger partial charge in [0.05, 0.1) is 37.4 Å². The Hall–Kier alpha value is -3.48. The molecule has 1 saturated heterocycles. The van der Waals surface area contributed by atoms with Gasteiger partial charge in [-0.05, 0) is 11.6 Å². The number of rotatable bonds is 4. The summed E-state index contributed by atoms with van der Waals surface area (Å²) in [7, 11) is 0. The molecule has 0 amide bonds. The van der Waals surface area contributed by atoms with E-state index >= 15 is 0 Å². The summed E-state index contributed by atoms with van der Waals surface area (Å²) in [6.45, 7) is 4.43. The normalized spacial score (nSPS) is 14.6. The second kappa shape index (κ2) is 7.26. The van der Waals surface area contributed by atoms with Crippen molar-refractivity contribution in [1.82, 2.24) is 19.7 Å². The van der Waals surface area contributed by atoms with Crippen molar-refractivity contribution in [1.29, 1.82) is 0 Å². The fourth-order valence-electron chi connectivity index (χ4n) is 3.74. The van der Waals surface area contributed by atoms with Crippen LogP contribution in [0.4, 0.5) is 11.6 Å². The van der Waals surface area contributed by atoms with Crippen molar-refractivity contribution in [3.05, 3.63) is 72.8 Å². The van der Waals surface area contributed by atoms with E-state index in [2.05, 4.69) is 54.1 Å². The average molecular weight is 372 g/mol. The average Bonchev–Trinajstić information content (AvgIpc) is 3.18. The first-order chi connectivity index (χ1) is 13.9. The highest BCUT2D eigenvalue weighted by Crippen LogP contribution is 2.24. The zero-order valence-electron chi connectivity index (χ0n) is 15.6. The summed E-state index contributed by atoms with van der Waals surface area (Å²) in [4.78, 5) is 17.1. The van der Waals surface area contributed by atoms with Gasteiger partial charge < -0.3 is 4.90 Å². The molecule has 0 saturated carbocycles. The Balaban J connectivity index is 1.37. The zero-order valence-corrected chi connectivity index (χ0v) is 15.6. The van der Waals surface area contributed by atoms with Gasteiger partial charge in [0.1, 0.15) is 25.2 Å². The third-order valence-electron chi connectivity index (χ3n) is 5.20. The van der Waals surface area contributed by atoms with E-state index in [1.54, 1.807) is 6.33 Å². The number of hydrogen-bond donors (Lipinski definition) is 0. The van der Waals surface area contributed by atoms with E-state index in [0.717, 1.165) is 48.8 Å². The monoisotopic (exact) mass is 372 g/mol. The van der Waals surface area contributed by atoms with Gasteiger partial charge in [0.15, 0.2) is 5.65 Å². The largest absolute Gasteiger partial charge is 0.348 e. The summed E-state index contributed by atoms with van der Waals surface area (Å²) in [6, 6.07) is 16.5. The minimum absolute atomic E-state index is 0.707. The summed E-state index contributed by atoms with van der Waals surface area (Å²) >= 11 is 0. The number of nitrogens with zero attached hydrogens (tertiary/aromatic N) is 6. The number of pyridine rings is 1. The summed E-state index contributed by atoms with van der Waals surface area (Å²) in [6.07, 6.45) is 5.51. The molecule has 3 aromatic heterocycles. The van der Waals surface area contributed by atoms with Crippen LogP contribution in [0, 0.1) is 0 Å². The van der Waals surface area contributed by atoms with Gasteiger partial charge in [0, 0.05) is 6.07 Å². The van der Waals surface area contributed by atoms with Crippen LogP contribution in [0.2, 0.25) is 0 Å². The van der Waals surface area contributed by atoms with Crippen molar-refractivity contribution in [2.45, 2.75) is 6.54 Å². The zero-order chi connectivity index (χ0) is 18.8. The van der Waals surface area contributed by atoms with Crippen molar-refractivity contribution in [3.8, 4) is 0 Å². The molecule has 7 nitrogen and oxygen atoms in total. The molecule has 1 aliphatic heterocycles. The summed E-state index contributed by atoms with van der Waals surface area (Å²) in [5, 5.41) is 5.59. The lowest BCUT2D eigenvalue weighted by molar-refractivity contribution is -0.364. The van der Waals surface area contributed by atoms with Crippen molar-refractivity contribution < 1.29 is 4.98 Å². The molecule has 0 atom stereocenters. The Labute approximate surface area is 163 Å². The molecular formula is C21H22N7+. The lowest BCUT2D eigenvalue weighted by Crippen LogP contribution is -2.48. The number of fused-ring (bicyclic) bond motifs is 1. The molecule has 0 aliphatic carbocycles. The molecule has 0 bridgehead atoms. The van der Waals surface area contributed by atoms with Crippen LogP contribution in [-0.2, 0) is 6.54 Å². The third-order valence-corrected chi connectivity index (χ3v) is 5.20. The van der Waals surface area contributed by atoms with Crippen LogP contribution in [-0.4, -0.2) is 45.9 Å². The van der Waals surface area contributed by atoms with Gasteiger partial charge in [0.2, 0.25) is 0 Å². The van der Waals surface area contributed by atoms with Gasteiger partial charge >= 0.3 is 0 Å². The topological polar surface area (TPSA) is 64.2 Å². The molecule has 0 spiro atoms. The van der Waals surface area contributed by atoms with E-state index in [9.17, 15) is 0 Å². The molecule has 28 heavy (non-hydrogen) atoms. The molecule has 7 heteroatoms. The molecule has 4 heterocycles. The Morgan fingerprint density at radius 1 is 0.857 bits per heavy atom. The second-order valence-electron chi connectivity index (χ2n) is 6.94. The van der Waals surface area contributed by atoms with Crippen LogP contribution < -0.4 is 14.8 Å². The molecule has 0 unspecified atom stereocenters. The predicted molar refractivity (Wildman–Crippen MR) is 108 cm³/mol. The smallest absolute Gasteiger partial charge is 0.274 e. The first-order valence-electron chi connectivity index (χ1n) is 9.55. The molecule has 140 valence electrons. The fraction of sp³-hybridized carbons (Fsp3) is 0.238. The number of piperazine rings is 1. The van der Waals surface area contributed by atoms with Crippen LogP contribution in [0.15, 0.2) is 67.3 Å². The number of nitrogens with one attached hydrogen (secondary N) is 1.